The van der Waals surface area contributed by atoms with Crippen molar-refractivity contribution >= 4 is 16.9 Å². The number of hydrogen-bond donors (Lipinski definition) is 0. The van der Waals surface area contributed by atoms with Crippen LogP contribution < -0.4 is 5.56 Å². The minimum atomic E-state index is -0.189. The highest BCUT2D eigenvalue weighted by Gasteiger charge is 2.27. The van der Waals surface area contributed by atoms with E-state index in [4.69, 9.17) is 4.98 Å². The van der Waals surface area contributed by atoms with Crippen LogP contribution in [0.4, 0.5) is 0 Å². The van der Waals surface area contributed by atoms with E-state index in [2.05, 4.69) is 28.3 Å². The van der Waals surface area contributed by atoms with Gasteiger partial charge in [-0.1, -0.05) is 0 Å². The summed E-state index contributed by atoms with van der Waals surface area (Å²) < 4.78 is 1.36. The van der Waals surface area contributed by atoms with E-state index in [1.165, 1.54) is 35.2 Å². The number of fused-ring (bicyclic) bond motifs is 1. The molecule has 0 spiro atoms. The van der Waals surface area contributed by atoms with Gasteiger partial charge in [0.25, 0.3) is 11.5 Å². The normalized spacial score (nSPS) is 17.5. The molecular formula is C24H27N5O2. The number of rotatable bonds is 4. The number of pyridine rings is 2. The van der Waals surface area contributed by atoms with Crippen LogP contribution in [0.15, 0.2) is 41.3 Å². The third kappa shape index (κ3) is 3.96. The monoisotopic (exact) mass is 417 g/mol. The smallest absolute Gasteiger partial charge is 0.274 e. The van der Waals surface area contributed by atoms with Gasteiger partial charge in [-0.25, -0.2) is 14.6 Å². The summed E-state index contributed by atoms with van der Waals surface area (Å²) in [6.07, 6.45) is 6.22. The van der Waals surface area contributed by atoms with Gasteiger partial charge in [0, 0.05) is 42.4 Å². The Kier molecular flexibility index (Phi) is 5.04. The molecule has 1 amide bonds. The van der Waals surface area contributed by atoms with Crippen LogP contribution in [0.5, 0.6) is 0 Å². The van der Waals surface area contributed by atoms with Crippen molar-refractivity contribution in [3.8, 4) is 0 Å². The van der Waals surface area contributed by atoms with Crippen LogP contribution >= 0.6 is 0 Å². The Hall–Kier alpha value is -3.09. The first-order chi connectivity index (χ1) is 15.0. The zero-order valence-electron chi connectivity index (χ0n) is 18.0. The number of piperidine rings is 1. The van der Waals surface area contributed by atoms with Gasteiger partial charge in [-0.15, -0.1) is 0 Å². The van der Waals surface area contributed by atoms with Crippen molar-refractivity contribution in [2.75, 3.05) is 13.1 Å². The predicted molar refractivity (Wildman–Crippen MR) is 118 cm³/mol. The van der Waals surface area contributed by atoms with Crippen LogP contribution in [0.25, 0.3) is 11.0 Å². The van der Waals surface area contributed by atoms with Gasteiger partial charge >= 0.3 is 0 Å². The lowest BCUT2D eigenvalue weighted by Crippen LogP contribution is -2.39. The summed E-state index contributed by atoms with van der Waals surface area (Å²) in [4.78, 5) is 36.1. The molecule has 160 valence electrons. The van der Waals surface area contributed by atoms with E-state index in [0.29, 0.717) is 30.6 Å². The first-order valence-corrected chi connectivity index (χ1v) is 11.2. The number of carbonyl (C=O) groups is 1. The maximum Gasteiger partial charge on any atom is 0.274 e. The zero-order valence-corrected chi connectivity index (χ0v) is 18.0. The molecular weight excluding hydrogens is 390 g/mol. The molecule has 1 saturated heterocycles. The number of carbonyl (C=O) groups excluding carboxylic acids is 1. The first-order valence-electron chi connectivity index (χ1n) is 11.2. The topological polar surface area (TPSA) is 81.0 Å². The minimum absolute atomic E-state index is 0.0843. The van der Waals surface area contributed by atoms with Gasteiger partial charge in [-0.05, 0) is 75.3 Å². The molecule has 3 aromatic heterocycles. The standard InChI is InChI=1S/C24H27N5O2/c1-15(2)29-22(30)8-7-21(27-29)24(31)28-11-9-17(10-12-28)20-6-5-18-13-19(16-3-4-16)14-25-23(18)26-20/h5-8,13-17H,3-4,9-12H2,1-2H3. The molecule has 0 bridgehead atoms. The number of aromatic nitrogens is 4. The largest absolute Gasteiger partial charge is 0.337 e. The summed E-state index contributed by atoms with van der Waals surface area (Å²) in [7, 11) is 0. The Labute approximate surface area is 181 Å². The maximum absolute atomic E-state index is 12.9. The summed E-state index contributed by atoms with van der Waals surface area (Å²) in [5, 5.41) is 5.38. The van der Waals surface area contributed by atoms with Crippen molar-refractivity contribution in [1.29, 1.82) is 0 Å². The Morgan fingerprint density at radius 1 is 1.03 bits per heavy atom. The van der Waals surface area contributed by atoms with Crippen molar-refractivity contribution in [2.45, 2.75) is 57.4 Å². The lowest BCUT2D eigenvalue weighted by molar-refractivity contribution is 0.0703. The summed E-state index contributed by atoms with van der Waals surface area (Å²) >= 11 is 0. The van der Waals surface area contributed by atoms with Crippen LogP contribution in [-0.2, 0) is 0 Å². The van der Waals surface area contributed by atoms with E-state index in [0.717, 1.165) is 29.6 Å². The van der Waals surface area contributed by atoms with Crippen LogP contribution in [-0.4, -0.2) is 43.6 Å². The van der Waals surface area contributed by atoms with E-state index in [9.17, 15) is 9.59 Å². The molecule has 0 aromatic carbocycles. The summed E-state index contributed by atoms with van der Waals surface area (Å²) in [5.74, 6) is 0.886. The predicted octanol–water partition coefficient (Wildman–Crippen LogP) is 3.66. The van der Waals surface area contributed by atoms with Crippen molar-refractivity contribution in [2.24, 2.45) is 0 Å². The fraction of sp³-hybridized carbons (Fsp3) is 0.458. The second kappa shape index (κ2) is 7.87. The molecule has 2 aliphatic rings. The molecule has 0 radical (unpaired) electrons. The summed E-state index contributed by atoms with van der Waals surface area (Å²) in [5.41, 5.74) is 3.32. The van der Waals surface area contributed by atoms with E-state index in [1.807, 2.05) is 24.9 Å². The Morgan fingerprint density at radius 3 is 2.52 bits per heavy atom. The van der Waals surface area contributed by atoms with Crippen LogP contribution in [0, 0.1) is 0 Å². The highest BCUT2D eigenvalue weighted by atomic mass is 16.2. The van der Waals surface area contributed by atoms with Crippen molar-refractivity contribution in [3.05, 3.63) is 63.8 Å². The fourth-order valence-corrected chi connectivity index (χ4v) is 4.36. The number of amides is 1. The summed E-state index contributed by atoms with van der Waals surface area (Å²) in [6, 6.07) is 9.34. The fourth-order valence-electron chi connectivity index (χ4n) is 4.36. The van der Waals surface area contributed by atoms with Crippen molar-refractivity contribution in [1.82, 2.24) is 24.6 Å². The summed E-state index contributed by atoms with van der Waals surface area (Å²) in [6.45, 7) is 5.07. The van der Waals surface area contributed by atoms with Crippen molar-refractivity contribution < 1.29 is 4.79 Å². The van der Waals surface area contributed by atoms with Crippen LogP contribution in [0.3, 0.4) is 0 Å². The average molecular weight is 418 g/mol. The molecule has 5 rings (SSSR count). The number of hydrogen-bond acceptors (Lipinski definition) is 5. The number of nitrogens with zero attached hydrogens (tertiary/aromatic N) is 5. The lowest BCUT2D eigenvalue weighted by atomic mass is 9.92. The van der Waals surface area contributed by atoms with E-state index in [-0.39, 0.29) is 17.5 Å². The van der Waals surface area contributed by atoms with Gasteiger partial charge in [0.1, 0.15) is 5.69 Å². The van der Waals surface area contributed by atoms with Gasteiger partial charge in [-0.2, -0.15) is 5.10 Å². The van der Waals surface area contributed by atoms with E-state index < -0.39 is 0 Å². The first kappa shape index (κ1) is 19.8. The van der Waals surface area contributed by atoms with Gasteiger partial charge in [0.05, 0.1) is 6.04 Å². The zero-order chi connectivity index (χ0) is 21.5. The van der Waals surface area contributed by atoms with E-state index >= 15 is 0 Å². The molecule has 0 atom stereocenters. The molecule has 4 heterocycles. The Balaban J connectivity index is 1.27. The molecule has 0 unspecified atom stereocenters. The molecule has 7 nitrogen and oxygen atoms in total. The van der Waals surface area contributed by atoms with Crippen molar-refractivity contribution in [3.63, 3.8) is 0 Å². The van der Waals surface area contributed by atoms with Gasteiger partial charge < -0.3 is 4.90 Å². The molecule has 3 aromatic rings. The van der Waals surface area contributed by atoms with Gasteiger partial charge in [-0.3, -0.25) is 9.59 Å². The quantitative estimate of drug-likeness (QED) is 0.647. The average Bonchev–Trinajstić information content (AvgIpc) is 3.64. The van der Waals surface area contributed by atoms with Crippen LogP contribution in [0.2, 0.25) is 0 Å². The van der Waals surface area contributed by atoms with Gasteiger partial charge in [0.2, 0.25) is 0 Å². The molecule has 0 N–H and O–H groups in total. The third-order valence-corrected chi connectivity index (χ3v) is 6.37. The Morgan fingerprint density at radius 2 is 1.81 bits per heavy atom. The molecule has 31 heavy (non-hydrogen) atoms. The lowest BCUT2D eigenvalue weighted by Gasteiger charge is -2.31. The molecule has 1 saturated carbocycles. The second-order valence-electron chi connectivity index (χ2n) is 8.99. The van der Waals surface area contributed by atoms with E-state index in [1.54, 1.807) is 0 Å². The molecule has 2 fully saturated rings. The Bertz CT molecular complexity index is 1190. The molecule has 7 heteroatoms. The third-order valence-electron chi connectivity index (χ3n) is 6.37. The number of likely N-dealkylation sites (tertiary alicyclic amines) is 1. The molecule has 1 aliphatic heterocycles. The maximum atomic E-state index is 12.9. The van der Waals surface area contributed by atoms with Crippen LogP contribution in [0.1, 0.15) is 79.2 Å². The van der Waals surface area contributed by atoms with Gasteiger partial charge in [0.15, 0.2) is 5.65 Å². The second-order valence-corrected chi connectivity index (χ2v) is 8.99. The highest BCUT2D eigenvalue weighted by Crippen LogP contribution is 2.40. The SMILES string of the molecule is CC(C)n1nc(C(=O)N2CCC(c3ccc4cc(C5CC5)cnc4n3)CC2)ccc1=O. The highest BCUT2D eigenvalue weighted by molar-refractivity contribution is 5.92. The molecule has 1 aliphatic carbocycles. The minimum Gasteiger partial charge on any atom is -0.337 e.